The number of rotatable bonds is 2. The van der Waals surface area contributed by atoms with Gasteiger partial charge in [0.05, 0.1) is 5.41 Å². The van der Waals surface area contributed by atoms with Crippen LogP contribution in [0.2, 0.25) is 0 Å². The number of nitrogens with two attached hydrogens (primary N) is 1. The third-order valence-corrected chi connectivity index (χ3v) is 3.26. The fourth-order valence-corrected chi connectivity index (χ4v) is 2.25. The lowest BCUT2D eigenvalue weighted by Crippen LogP contribution is -2.46. The van der Waals surface area contributed by atoms with Gasteiger partial charge in [0.15, 0.2) is 0 Å². The molecular formula is C12H13F2NO2. The molecule has 0 radical (unpaired) electrons. The van der Waals surface area contributed by atoms with Gasteiger partial charge in [-0.05, 0) is 18.9 Å². The van der Waals surface area contributed by atoms with E-state index in [-0.39, 0.29) is 5.56 Å². The van der Waals surface area contributed by atoms with E-state index in [0.717, 1.165) is 12.1 Å². The van der Waals surface area contributed by atoms with Gasteiger partial charge in [0.25, 0.3) is 0 Å². The minimum atomic E-state index is -1.07. The van der Waals surface area contributed by atoms with Gasteiger partial charge >= 0.3 is 0 Å². The van der Waals surface area contributed by atoms with Gasteiger partial charge in [-0.1, -0.05) is 6.07 Å². The number of carbonyl (C=O) groups is 1. The van der Waals surface area contributed by atoms with Crippen LogP contribution < -0.4 is 5.73 Å². The van der Waals surface area contributed by atoms with Crippen LogP contribution in [0.4, 0.5) is 8.78 Å². The number of amides is 1. The second-order valence-electron chi connectivity index (χ2n) is 4.18. The van der Waals surface area contributed by atoms with E-state index in [1.165, 1.54) is 6.07 Å². The molecule has 0 aliphatic carbocycles. The van der Waals surface area contributed by atoms with Crippen molar-refractivity contribution in [2.75, 3.05) is 13.2 Å². The van der Waals surface area contributed by atoms with Crippen LogP contribution in [0.1, 0.15) is 18.4 Å². The molecule has 0 aromatic heterocycles. The largest absolute Gasteiger partial charge is 0.381 e. The van der Waals surface area contributed by atoms with Crippen molar-refractivity contribution >= 4 is 5.91 Å². The highest BCUT2D eigenvalue weighted by Gasteiger charge is 2.42. The van der Waals surface area contributed by atoms with Crippen LogP contribution in [0.5, 0.6) is 0 Å². The van der Waals surface area contributed by atoms with E-state index in [0.29, 0.717) is 26.1 Å². The maximum absolute atomic E-state index is 13.8. The first-order valence-corrected chi connectivity index (χ1v) is 5.39. The number of benzene rings is 1. The Bertz CT molecular complexity index is 442. The van der Waals surface area contributed by atoms with Gasteiger partial charge in [0.1, 0.15) is 11.6 Å². The molecule has 0 atom stereocenters. The summed E-state index contributed by atoms with van der Waals surface area (Å²) < 4.78 is 31.8. The average Bonchev–Trinajstić information content (AvgIpc) is 2.29. The van der Waals surface area contributed by atoms with E-state index < -0.39 is 23.0 Å². The third-order valence-electron chi connectivity index (χ3n) is 3.26. The van der Waals surface area contributed by atoms with Gasteiger partial charge in [-0.25, -0.2) is 8.78 Å². The first-order valence-electron chi connectivity index (χ1n) is 5.39. The van der Waals surface area contributed by atoms with Crippen LogP contribution in [0.15, 0.2) is 18.2 Å². The van der Waals surface area contributed by atoms with E-state index in [2.05, 4.69) is 0 Å². The Kier molecular flexibility index (Phi) is 3.11. The van der Waals surface area contributed by atoms with Crippen molar-refractivity contribution < 1.29 is 18.3 Å². The Hall–Kier alpha value is -1.49. The first-order chi connectivity index (χ1) is 8.06. The third kappa shape index (κ3) is 2.02. The number of hydrogen-bond donors (Lipinski definition) is 1. The molecule has 0 bridgehead atoms. The zero-order valence-electron chi connectivity index (χ0n) is 9.21. The molecule has 2 rings (SSSR count). The van der Waals surface area contributed by atoms with Crippen LogP contribution in [0, 0.1) is 11.6 Å². The molecule has 0 saturated carbocycles. The van der Waals surface area contributed by atoms with E-state index in [9.17, 15) is 13.6 Å². The summed E-state index contributed by atoms with van der Waals surface area (Å²) in [5.41, 5.74) is 4.47. The predicted molar refractivity (Wildman–Crippen MR) is 57.3 cm³/mol. The smallest absolute Gasteiger partial charge is 0.228 e. The summed E-state index contributed by atoms with van der Waals surface area (Å²) in [6.45, 7) is 0.694. The van der Waals surface area contributed by atoms with Gasteiger partial charge in [-0.2, -0.15) is 0 Å². The predicted octanol–water partition coefficient (Wildman–Crippen LogP) is 1.50. The summed E-state index contributed by atoms with van der Waals surface area (Å²) in [5.74, 6) is -1.99. The minimum absolute atomic E-state index is 0.162. The highest BCUT2D eigenvalue weighted by Crippen LogP contribution is 2.36. The lowest BCUT2D eigenvalue weighted by Gasteiger charge is -2.34. The molecule has 1 fully saturated rings. The lowest BCUT2D eigenvalue weighted by molar-refractivity contribution is -0.127. The normalized spacial score (nSPS) is 18.9. The highest BCUT2D eigenvalue weighted by atomic mass is 19.1. The molecule has 0 spiro atoms. The van der Waals surface area contributed by atoms with Crippen molar-refractivity contribution in [2.45, 2.75) is 18.3 Å². The molecule has 1 aromatic rings. The molecule has 1 aromatic carbocycles. The molecule has 1 aliphatic heterocycles. The molecule has 0 unspecified atom stereocenters. The summed E-state index contributed by atoms with van der Waals surface area (Å²) >= 11 is 0. The maximum atomic E-state index is 13.8. The average molecular weight is 241 g/mol. The standard InChI is InChI=1S/C12H13F2NO2/c13-8-1-2-9(10(14)7-8)12(11(15)16)3-5-17-6-4-12/h1-2,7H,3-6H2,(H2,15,16). The number of hydrogen-bond acceptors (Lipinski definition) is 2. The molecule has 17 heavy (non-hydrogen) atoms. The lowest BCUT2D eigenvalue weighted by atomic mass is 9.73. The van der Waals surface area contributed by atoms with Gasteiger partial charge in [0, 0.05) is 24.8 Å². The molecule has 1 amide bonds. The highest BCUT2D eigenvalue weighted by molar-refractivity contribution is 5.86. The van der Waals surface area contributed by atoms with Gasteiger partial charge < -0.3 is 10.5 Å². The second-order valence-corrected chi connectivity index (χ2v) is 4.18. The summed E-state index contributed by atoms with van der Waals surface area (Å²) in [6, 6.07) is 3.20. The molecule has 1 heterocycles. The van der Waals surface area contributed by atoms with Crippen molar-refractivity contribution in [3.8, 4) is 0 Å². The Morgan fingerprint density at radius 1 is 1.29 bits per heavy atom. The van der Waals surface area contributed by atoms with E-state index in [4.69, 9.17) is 10.5 Å². The Morgan fingerprint density at radius 3 is 2.47 bits per heavy atom. The molecule has 3 nitrogen and oxygen atoms in total. The number of ether oxygens (including phenoxy) is 1. The zero-order chi connectivity index (χ0) is 12.5. The van der Waals surface area contributed by atoms with Crippen LogP contribution >= 0.6 is 0 Å². The van der Waals surface area contributed by atoms with Gasteiger partial charge in [-0.3, -0.25) is 4.79 Å². The van der Waals surface area contributed by atoms with Crippen LogP contribution in [-0.2, 0) is 14.9 Å². The van der Waals surface area contributed by atoms with E-state index >= 15 is 0 Å². The number of primary amides is 1. The summed E-state index contributed by atoms with van der Waals surface area (Å²) in [7, 11) is 0. The quantitative estimate of drug-likeness (QED) is 0.853. The number of carbonyl (C=O) groups excluding carboxylic acids is 1. The van der Waals surface area contributed by atoms with E-state index in [1.54, 1.807) is 0 Å². The van der Waals surface area contributed by atoms with Crippen molar-refractivity contribution in [3.63, 3.8) is 0 Å². The molecule has 1 saturated heterocycles. The molecule has 92 valence electrons. The first kappa shape index (κ1) is 12.0. The van der Waals surface area contributed by atoms with Crippen molar-refractivity contribution in [3.05, 3.63) is 35.4 Å². The van der Waals surface area contributed by atoms with Crippen LogP contribution in [-0.4, -0.2) is 19.1 Å². The fourth-order valence-electron chi connectivity index (χ4n) is 2.25. The van der Waals surface area contributed by atoms with Crippen molar-refractivity contribution in [1.29, 1.82) is 0 Å². The molecule has 2 N–H and O–H groups in total. The maximum Gasteiger partial charge on any atom is 0.228 e. The molecule has 1 aliphatic rings. The minimum Gasteiger partial charge on any atom is -0.381 e. The monoisotopic (exact) mass is 241 g/mol. The Balaban J connectivity index is 2.49. The zero-order valence-corrected chi connectivity index (χ0v) is 9.21. The van der Waals surface area contributed by atoms with Crippen molar-refractivity contribution in [1.82, 2.24) is 0 Å². The molecule has 5 heteroatoms. The SMILES string of the molecule is NC(=O)C1(c2ccc(F)cc2F)CCOCC1. The van der Waals surface area contributed by atoms with E-state index in [1.807, 2.05) is 0 Å². The Labute approximate surface area is 97.6 Å². The summed E-state index contributed by atoms with van der Waals surface area (Å²) in [6.07, 6.45) is 0.649. The second kappa shape index (κ2) is 4.41. The number of halogens is 2. The summed E-state index contributed by atoms with van der Waals surface area (Å²) in [5, 5.41) is 0. The van der Waals surface area contributed by atoms with Gasteiger partial charge in [-0.15, -0.1) is 0 Å². The molecular weight excluding hydrogens is 228 g/mol. The Morgan fingerprint density at radius 2 is 1.94 bits per heavy atom. The van der Waals surface area contributed by atoms with Crippen LogP contribution in [0.3, 0.4) is 0 Å². The summed E-state index contributed by atoms with van der Waals surface area (Å²) in [4.78, 5) is 11.6. The fraction of sp³-hybridized carbons (Fsp3) is 0.417. The van der Waals surface area contributed by atoms with Crippen molar-refractivity contribution in [2.24, 2.45) is 5.73 Å². The topological polar surface area (TPSA) is 52.3 Å². The van der Waals surface area contributed by atoms with Crippen LogP contribution in [0.25, 0.3) is 0 Å². The van der Waals surface area contributed by atoms with Gasteiger partial charge in [0.2, 0.25) is 5.91 Å².